The molecular formula is C15H27N5O7S. The molecule has 0 heterocycles. The molecule has 0 aliphatic carbocycles. The molecule has 0 aromatic rings. The van der Waals surface area contributed by atoms with Crippen LogP contribution in [0, 0.1) is 0 Å². The summed E-state index contributed by atoms with van der Waals surface area (Å²) in [5.74, 6) is -4.61. The number of thiol groups is 1. The van der Waals surface area contributed by atoms with Crippen molar-refractivity contribution in [2.24, 2.45) is 11.5 Å². The average molecular weight is 421 g/mol. The van der Waals surface area contributed by atoms with Gasteiger partial charge < -0.3 is 37.6 Å². The van der Waals surface area contributed by atoms with Gasteiger partial charge in [-0.2, -0.15) is 12.6 Å². The van der Waals surface area contributed by atoms with Crippen LogP contribution in [-0.4, -0.2) is 75.8 Å². The van der Waals surface area contributed by atoms with E-state index in [0.29, 0.717) is 0 Å². The van der Waals surface area contributed by atoms with Gasteiger partial charge in [-0.25, -0.2) is 0 Å². The van der Waals surface area contributed by atoms with Crippen molar-refractivity contribution in [3.8, 4) is 0 Å². The second kappa shape index (κ2) is 12.2. The molecule has 0 saturated carbocycles. The second-order valence-electron chi connectivity index (χ2n) is 6.14. The highest BCUT2D eigenvalue weighted by atomic mass is 32.1. The third-order valence-corrected chi connectivity index (χ3v) is 4.04. The van der Waals surface area contributed by atoms with Crippen LogP contribution in [0.15, 0.2) is 0 Å². The van der Waals surface area contributed by atoms with Gasteiger partial charge in [-0.3, -0.25) is 24.0 Å². The molecule has 0 spiro atoms. The number of nitrogens with one attached hydrogen (secondary N) is 3. The lowest BCUT2D eigenvalue weighted by atomic mass is 10.1. The Balaban J connectivity index is 5.17. The van der Waals surface area contributed by atoms with Crippen molar-refractivity contribution in [1.29, 1.82) is 0 Å². The van der Waals surface area contributed by atoms with Gasteiger partial charge in [0.15, 0.2) is 0 Å². The number of carboxylic acids is 1. The maximum Gasteiger partial charge on any atom is 0.325 e. The van der Waals surface area contributed by atoms with Crippen LogP contribution < -0.4 is 27.4 Å². The molecule has 0 rings (SSSR count). The maximum absolute atomic E-state index is 12.5. The minimum Gasteiger partial charge on any atom is -0.480 e. The Morgan fingerprint density at radius 1 is 0.964 bits per heavy atom. The number of primary amides is 1. The molecule has 0 aromatic carbocycles. The van der Waals surface area contributed by atoms with E-state index in [-0.39, 0.29) is 18.6 Å². The minimum absolute atomic E-state index is 0.159. The highest BCUT2D eigenvalue weighted by Crippen LogP contribution is 2.02. The summed E-state index contributed by atoms with van der Waals surface area (Å²) in [5.41, 5.74) is 10.6. The van der Waals surface area contributed by atoms with Gasteiger partial charge in [-0.15, -0.1) is 0 Å². The molecule has 160 valence electrons. The highest BCUT2D eigenvalue weighted by Gasteiger charge is 2.29. The van der Waals surface area contributed by atoms with Crippen LogP contribution >= 0.6 is 12.6 Å². The van der Waals surface area contributed by atoms with Gasteiger partial charge in [0.1, 0.15) is 24.2 Å². The summed E-state index contributed by atoms with van der Waals surface area (Å²) in [5, 5.41) is 25.0. The summed E-state index contributed by atoms with van der Waals surface area (Å²) in [6.45, 7) is 2.53. The van der Waals surface area contributed by atoms with E-state index in [1.807, 2.05) is 0 Å². The second-order valence-corrected chi connectivity index (χ2v) is 6.51. The van der Waals surface area contributed by atoms with Crippen LogP contribution in [0.2, 0.25) is 0 Å². The van der Waals surface area contributed by atoms with Crippen molar-refractivity contribution in [1.82, 2.24) is 16.0 Å². The number of hydrogen-bond donors (Lipinski definition) is 8. The summed E-state index contributed by atoms with van der Waals surface area (Å²) in [6, 6.07) is -4.97. The normalized spacial score (nSPS) is 16.0. The molecule has 0 saturated heterocycles. The summed E-state index contributed by atoms with van der Waals surface area (Å²) in [7, 11) is 0. The van der Waals surface area contributed by atoms with E-state index >= 15 is 0 Å². The fourth-order valence-electron chi connectivity index (χ4n) is 1.88. The molecule has 5 atom stereocenters. The van der Waals surface area contributed by atoms with E-state index in [1.54, 1.807) is 0 Å². The van der Waals surface area contributed by atoms with Gasteiger partial charge in [0, 0.05) is 12.2 Å². The molecule has 13 heteroatoms. The first-order chi connectivity index (χ1) is 12.9. The predicted molar refractivity (Wildman–Crippen MR) is 101 cm³/mol. The van der Waals surface area contributed by atoms with Gasteiger partial charge in [0.2, 0.25) is 23.6 Å². The third kappa shape index (κ3) is 9.01. The topological polar surface area (TPSA) is 214 Å². The molecule has 12 nitrogen and oxygen atoms in total. The Hall–Kier alpha value is -2.38. The number of amides is 4. The Bertz CT molecular complexity index is 601. The van der Waals surface area contributed by atoms with Crippen LogP contribution in [0.25, 0.3) is 0 Å². The van der Waals surface area contributed by atoms with Gasteiger partial charge >= 0.3 is 5.97 Å². The fourth-order valence-corrected chi connectivity index (χ4v) is 2.14. The minimum atomic E-state index is -1.32. The third-order valence-electron chi connectivity index (χ3n) is 3.68. The number of carbonyl (C=O) groups excluding carboxylic acids is 4. The van der Waals surface area contributed by atoms with Crippen molar-refractivity contribution in [3.05, 3.63) is 0 Å². The Morgan fingerprint density at radius 3 is 1.89 bits per heavy atom. The lowest BCUT2D eigenvalue weighted by molar-refractivity contribution is -0.141. The van der Waals surface area contributed by atoms with E-state index in [2.05, 4.69) is 28.6 Å². The summed E-state index contributed by atoms with van der Waals surface area (Å²) < 4.78 is 0. The van der Waals surface area contributed by atoms with Crippen LogP contribution in [0.1, 0.15) is 26.7 Å². The number of carboxylic acid groups (broad SMARTS) is 1. The molecule has 0 bridgehead atoms. The number of hydrogen-bond acceptors (Lipinski definition) is 8. The van der Waals surface area contributed by atoms with E-state index in [0.717, 1.165) is 0 Å². The zero-order valence-corrected chi connectivity index (χ0v) is 16.4. The van der Waals surface area contributed by atoms with Gasteiger partial charge in [0.25, 0.3) is 0 Å². The van der Waals surface area contributed by atoms with E-state index in [9.17, 15) is 29.1 Å². The van der Waals surface area contributed by atoms with Crippen molar-refractivity contribution in [2.75, 3.05) is 5.75 Å². The SMILES string of the molecule is CC(NC(=O)C(CS)NC(=O)C(CCC(N)=O)NC(=O)C(N)C(C)O)C(=O)O. The maximum atomic E-state index is 12.5. The van der Waals surface area contributed by atoms with Crippen molar-refractivity contribution in [3.63, 3.8) is 0 Å². The highest BCUT2D eigenvalue weighted by molar-refractivity contribution is 7.80. The standard InChI is InChI=1S/C15H27N5O7S/c1-6(15(26)27)18-13(24)9(5-28)20-12(23)8(3-4-10(16)22)19-14(25)11(17)7(2)21/h6-9,11,21,28H,3-5,17H2,1-2H3,(H2,16,22)(H,18,24)(H,19,25)(H,20,23)(H,26,27). The van der Waals surface area contributed by atoms with Crippen molar-refractivity contribution >= 4 is 42.2 Å². The number of carbonyl (C=O) groups is 5. The molecule has 0 radical (unpaired) electrons. The first kappa shape index (κ1) is 25.6. The summed E-state index contributed by atoms with van der Waals surface area (Å²) in [6.07, 6.45) is -1.60. The molecular weight excluding hydrogens is 394 g/mol. The van der Waals surface area contributed by atoms with Crippen molar-refractivity contribution < 1.29 is 34.2 Å². The lowest BCUT2D eigenvalue weighted by Crippen LogP contribution is -2.58. The largest absolute Gasteiger partial charge is 0.480 e. The van der Waals surface area contributed by atoms with Crippen LogP contribution in [0.3, 0.4) is 0 Å². The zero-order valence-electron chi connectivity index (χ0n) is 15.5. The fraction of sp³-hybridized carbons (Fsp3) is 0.667. The van der Waals surface area contributed by atoms with Crippen LogP contribution in [-0.2, 0) is 24.0 Å². The molecule has 5 unspecified atom stereocenters. The molecule has 0 aliphatic rings. The quantitative estimate of drug-likeness (QED) is 0.147. The monoisotopic (exact) mass is 421 g/mol. The molecule has 0 aliphatic heterocycles. The number of aliphatic carboxylic acids is 1. The smallest absolute Gasteiger partial charge is 0.325 e. The van der Waals surface area contributed by atoms with Crippen LogP contribution in [0.5, 0.6) is 0 Å². The first-order valence-electron chi connectivity index (χ1n) is 8.37. The molecule has 28 heavy (non-hydrogen) atoms. The van der Waals surface area contributed by atoms with Crippen LogP contribution in [0.4, 0.5) is 0 Å². The Kier molecular flexibility index (Phi) is 11.1. The van der Waals surface area contributed by atoms with Gasteiger partial charge in [-0.1, -0.05) is 0 Å². The summed E-state index contributed by atoms with van der Waals surface area (Å²) in [4.78, 5) is 58.4. The lowest BCUT2D eigenvalue weighted by Gasteiger charge is -2.24. The van der Waals surface area contributed by atoms with Gasteiger partial charge in [0.05, 0.1) is 6.10 Å². The van der Waals surface area contributed by atoms with E-state index < -0.39 is 59.9 Å². The Labute approximate surface area is 167 Å². The molecule has 9 N–H and O–H groups in total. The molecule has 0 aromatic heterocycles. The summed E-state index contributed by atoms with van der Waals surface area (Å²) >= 11 is 3.95. The number of nitrogens with two attached hydrogens (primary N) is 2. The molecule has 4 amide bonds. The van der Waals surface area contributed by atoms with Crippen molar-refractivity contribution in [2.45, 2.75) is 57.0 Å². The first-order valence-corrected chi connectivity index (χ1v) is 9.00. The number of aliphatic hydroxyl groups is 1. The zero-order chi connectivity index (χ0) is 22.0. The van der Waals surface area contributed by atoms with Gasteiger partial charge in [-0.05, 0) is 20.3 Å². The van der Waals surface area contributed by atoms with E-state index in [4.69, 9.17) is 16.6 Å². The Morgan fingerprint density at radius 2 is 1.46 bits per heavy atom. The number of rotatable bonds is 12. The predicted octanol–water partition coefficient (Wildman–Crippen LogP) is -3.55. The van der Waals surface area contributed by atoms with E-state index in [1.165, 1.54) is 13.8 Å². The average Bonchev–Trinajstić information content (AvgIpc) is 2.61. The molecule has 0 fully saturated rings. The number of aliphatic hydroxyl groups excluding tert-OH is 1.